The Kier molecular flexibility index (Phi) is 5.80. The van der Waals surface area contributed by atoms with E-state index in [0.717, 1.165) is 22.1 Å². The molecule has 0 aliphatic heterocycles. The van der Waals surface area contributed by atoms with E-state index in [1.54, 1.807) is 18.3 Å². The number of hydrogen-bond acceptors (Lipinski definition) is 4. The molecule has 0 aliphatic carbocycles. The molecule has 0 saturated heterocycles. The number of para-hydroxylation sites is 1. The molecule has 0 fully saturated rings. The lowest BCUT2D eigenvalue weighted by atomic mass is 10.2. The third kappa shape index (κ3) is 4.67. The molecule has 1 heterocycles. The van der Waals surface area contributed by atoms with Crippen LogP contribution in [-0.2, 0) is 11.3 Å². The molecule has 3 aromatic rings. The van der Waals surface area contributed by atoms with Crippen molar-refractivity contribution in [3.8, 4) is 5.75 Å². The lowest BCUT2D eigenvalue weighted by Crippen LogP contribution is -2.31. The molecule has 0 saturated carbocycles. The smallest absolute Gasteiger partial charge is 0.237 e. The van der Waals surface area contributed by atoms with Gasteiger partial charge in [0.2, 0.25) is 5.91 Å². The van der Waals surface area contributed by atoms with Crippen LogP contribution >= 0.6 is 11.8 Å². The second-order valence-electron chi connectivity index (χ2n) is 5.36. The Morgan fingerprint density at radius 2 is 1.80 bits per heavy atom. The van der Waals surface area contributed by atoms with Gasteiger partial charge in [-0.3, -0.25) is 4.79 Å². The fraction of sp³-hybridized carbons (Fsp3) is 0.150. The Hall–Kier alpha value is -2.66. The third-order valence-electron chi connectivity index (χ3n) is 3.68. The number of carbonyl (C=O) groups is 1. The zero-order valence-electron chi connectivity index (χ0n) is 13.9. The van der Waals surface area contributed by atoms with Gasteiger partial charge in [0.1, 0.15) is 11.5 Å². The van der Waals surface area contributed by atoms with Crippen molar-refractivity contribution in [2.45, 2.75) is 11.4 Å². The Morgan fingerprint density at radius 1 is 1.04 bits per heavy atom. The first kappa shape index (κ1) is 17.2. The minimum atomic E-state index is 0.0309. The SMILES string of the molecule is COc1ccc(SCC(=O)N(Cc2ccco2)c2ccccc2)cc1. The van der Waals surface area contributed by atoms with Gasteiger partial charge < -0.3 is 14.1 Å². The molecule has 0 spiro atoms. The van der Waals surface area contributed by atoms with E-state index < -0.39 is 0 Å². The summed E-state index contributed by atoms with van der Waals surface area (Å²) >= 11 is 1.51. The zero-order valence-corrected chi connectivity index (χ0v) is 14.7. The summed E-state index contributed by atoms with van der Waals surface area (Å²) in [5.41, 5.74) is 0.860. The van der Waals surface area contributed by atoms with Gasteiger partial charge >= 0.3 is 0 Å². The summed E-state index contributed by atoms with van der Waals surface area (Å²) in [6.45, 7) is 0.416. The number of rotatable bonds is 7. The fourth-order valence-electron chi connectivity index (χ4n) is 2.38. The Balaban J connectivity index is 1.70. The monoisotopic (exact) mass is 353 g/mol. The maximum Gasteiger partial charge on any atom is 0.237 e. The second-order valence-corrected chi connectivity index (χ2v) is 6.41. The van der Waals surface area contributed by atoms with Gasteiger partial charge in [0.15, 0.2) is 0 Å². The number of anilines is 1. The molecule has 1 amide bonds. The van der Waals surface area contributed by atoms with E-state index in [1.165, 1.54) is 11.8 Å². The highest BCUT2D eigenvalue weighted by atomic mass is 32.2. The summed E-state index contributed by atoms with van der Waals surface area (Å²) in [4.78, 5) is 15.6. The van der Waals surface area contributed by atoms with Crippen molar-refractivity contribution in [2.75, 3.05) is 17.8 Å². The van der Waals surface area contributed by atoms with Gasteiger partial charge in [-0.25, -0.2) is 0 Å². The summed E-state index contributed by atoms with van der Waals surface area (Å²) in [6.07, 6.45) is 1.62. The lowest BCUT2D eigenvalue weighted by molar-refractivity contribution is -0.116. The number of carbonyl (C=O) groups excluding carboxylic acids is 1. The van der Waals surface area contributed by atoms with Gasteiger partial charge in [0.05, 0.1) is 25.7 Å². The van der Waals surface area contributed by atoms with Crippen LogP contribution in [0.2, 0.25) is 0 Å². The van der Waals surface area contributed by atoms with Crippen LogP contribution in [-0.4, -0.2) is 18.8 Å². The van der Waals surface area contributed by atoms with Gasteiger partial charge in [-0.1, -0.05) is 18.2 Å². The van der Waals surface area contributed by atoms with Crippen molar-refractivity contribution >= 4 is 23.4 Å². The fourth-order valence-corrected chi connectivity index (χ4v) is 3.16. The van der Waals surface area contributed by atoms with Crippen LogP contribution in [0.25, 0.3) is 0 Å². The molecule has 0 atom stereocenters. The average molecular weight is 353 g/mol. The first-order valence-corrected chi connectivity index (χ1v) is 8.89. The van der Waals surface area contributed by atoms with E-state index in [9.17, 15) is 4.79 Å². The highest BCUT2D eigenvalue weighted by Gasteiger charge is 2.17. The van der Waals surface area contributed by atoms with Crippen molar-refractivity contribution in [3.63, 3.8) is 0 Å². The first-order valence-electron chi connectivity index (χ1n) is 7.91. The Labute approximate surface area is 151 Å². The Bertz CT molecular complexity index is 786. The van der Waals surface area contributed by atoms with E-state index in [4.69, 9.17) is 9.15 Å². The van der Waals surface area contributed by atoms with Gasteiger partial charge in [0.25, 0.3) is 0 Å². The van der Waals surface area contributed by atoms with E-state index in [0.29, 0.717) is 12.3 Å². The van der Waals surface area contributed by atoms with Gasteiger partial charge in [0, 0.05) is 10.6 Å². The molecule has 25 heavy (non-hydrogen) atoms. The van der Waals surface area contributed by atoms with Crippen molar-refractivity contribution in [2.24, 2.45) is 0 Å². The van der Waals surface area contributed by atoms with Crippen molar-refractivity contribution in [3.05, 3.63) is 78.8 Å². The maximum absolute atomic E-state index is 12.8. The highest BCUT2D eigenvalue weighted by Crippen LogP contribution is 2.24. The molecule has 0 radical (unpaired) electrons. The lowest BCUT2D eigenvalue weighted by Gasteiger charge is -2.21. The van der Waals surface area contributed by atoms with Crippen LogP contribution < -0.4 is 9.64 Å². The number of amides is 1. The van der Waals surface area contributed by atoms with E-state index in [2.05, 4.69) is 0 Å². The average Bonchev–Trinajstić information content (AvgIpc) is 3.18. The highest BCUT2D eigenvalue weighted by molar-refractivity contribution is 8.00. The molecule has 128 valence electrons. The van der Waals surface area contributed by atoms with Gasteiger partial charge in [-0.15, -0.1) is 11.8 Å². The molecule has 0 N–H and O–H groups in total. The maximum atomic E-state index is 12.8. The minimum Gasteiger partial charge on any atom is -0.497 e. The van der Waals surface area contributed by atoms with Crippen LogP contribution in [0.15, 0.2) is 82.3 Å². The normalized spacial score (nSPS) is 10.4. The van der Waals surface area contributed by atoms with Crippen molar-refractivity contribution in [1.82, 2.24) is 0 Å². The zero-order chi connectivity index (χ0) is 17.5. The first-order chi connectivity index (χ1) is 12.3. The van der Waals surface area contributed by atoms with Gasteiger partial charge in [-0.05, 0) is 48.5 Å². The summed E-state index contributed by atoms with van der Waals surface area (Å²) in [7, 11) is 1.64. The molecular weight excluding hydrogens is 334 g/mol. The summed E-state index contributed by atoms with van der Waals surface area (Å²) in [5, 5.41) is 0. The van der Waals surface area contributed by atoms with Gasteiger partial charge in [-0.2, -0.15) is 0 Å². The van der Waals surface area contributed by atoms with Crippen LogP contribution in [0, 0.1) is 0 Å². The largest absolute Gasteiger partial charge is 0.497 e. The second kappa shape index (κ2) is 8.44. The van der Waals surface area contributed by atoms with Crippen LogP contribution in [0.4, 0.5) is 5.69 Å². The van der Waals surface area contributed by atoms with E-state index in [1.807, 2.05) is 66.7 Å². The van der Waals surface area contributed by atoms with E-state index in [-0.39, 0.29) is 5.91 Å². The molecule has 4 nitrogen and oxygen atoms in total. The number of ether oxygens (including phenoxy) is 1. The number of nitrogens with zero attached hydrogens (tertiary/aromatic N) is 1. The molecule has 0 aliphatic rings. The summed E-state index contributed by atoms with van der Waals surface area (Å²) in [6, 6.07) is 21.0. The molecule has 0 unspecified atom stereocenters. The molecule has 1 aromatic heterocycles. The van der Waals surface area contributed by atoms with Crippen molar-refractivity contribution in [1.29, 1.82) is 0 Å². The predicted octanol–water partition coefficient (Wildman–Crippen LogP) is 4.61. The Morgan fingerprint density at radius 3 is 2.44 bits per heavy atom. The standard InChI is InChI=1S/C20H19NO3S/c1-23-17-9-11-19(12-10-17)25-15-20(22)21(14-18-8-5-13-24-18)16-6-3-2-4-7-16/h2-13H,14-15H2,1H3. The summed E-state index contributed by atoms with van der Waals surface area (Å²) < 4.78 is 10.6. The van der Waals surface area contributed by atoms with Crippen molar-refractivity contribution < 1.29 is 13.9 Å². The summed E-state index contributed by atoms with van der Waals surface area (Å²) in [5.74, 6) is 1.94. The minimum absolute atomic E-state index is 0.0309. The topological polar surface area (TPSA) is 42.7 Å². The molecule has 0 bridgehead atoms. The number of methoxy groups -OCH3 is 1. The third-order valence-corrected chi connectivity index (χ3v) is 4.68. The quantitative estimate of drug-likeness (QED) is 0.582. The van der Waals surface area contributed by atoms with Crippen LogP contribution in [0.5, 0.6) is 5.75 Å². The van der Waals surface area contributed by atoms with Crippen LogP contribution in [0.3, 0.4) is 0 Å². The molecule has 5 heteroatoms. The predicted molar refractivity (Wildman–Crippen MR) is 100 cm³/mol. The number of thioether (sulfide) groups is 1. The molecule has 3 rings (SSSR count). The molecular formula is C20H19NO3S. The number of hydrogen-bond donors (Lipinski definition) is 0. The number of benzene rings is 2. The number of furan rings is 1. The molecule has 2 aromatic carbocycles. The van der Waals surface area contributed by atoms with Crippen LogP contribution in [0.1, 0.15) is 5.76 Å². The van der Waals surface area contributed by atoms with E-state index >= 15 is 0 Å².